The Hall–Kier alpha value is -2.97. The summed E-state index contributed by atoms with van der Waals surface area (Å²) >= 11 is 0. The van der Waals surface area contributed by atoms with Crippen LogP contribution in [0.25, 0.3) is 5.65 Å². The van der Waals surface area contributed by atoms with Crippen molar-refractivity contribution >= 4 is 11.6 Å². The number of carbonyl (C=O) groups excluding carboxylic acids is 1. The first-order chi connectivity index (χ1) is 14.8. The highest BCUT2D eigenvalue weighted by atomic mass is 19.4. The van der Waals surface area contributed by atoms with Gasteiger partial charge in [0, 0.05) is 30.8 Å². The van der Waals surface area contributed by atoms with Crippen LogP contribution in [-0.2, 0) is 23.8 Å². The van der Waals surface area contributed by atoms with Crippen LogP contribution in [0.1, 0.15) is 48.3 Å². The number of benzene rings is 1. The van der Waals surface area contributed by atoms with Crippen molar-refractivity contribution in [3.63, 3.8) is 0 Å². The lowest BCUT2D eigenvalue weighted by Gasteiger charge is -2.32. The number of aryl methyl sites for hydroxylation is 1. The molecule has 9 heteroatoms. The topological polar surface area (TPSA) is 50.5 Å². The number of rotatable bonds is 4. The van der Waals surface area contributed by atoms with E-state index in [1.165, 1.54) is 6.07 Å². The average Bonchev–Trinajstić information content (AvgIpc) is 3.18. The van der Waals surface area contributed by atoms with E-state index in [1.54, 1.807) is 36.1 Å². The number of hydrogen-bond acceptors (Lipinski definition) is 3. The predicted molar refractivity (Wildman–Crippen MR) is 106 cm³/mol. The number of hydrogen-bond donors (Lipinski definition) is 0. The van der Waals surface area contributed by atoms with Crippen molar-refractivity contribution in [2.45, 2.75) is 44.7 Å². The van der Waals surface area contributed by atoms with E-state index in [-0.39, 0.29) is 23.9 Å². The van der Waals surface area contributed by atoms with Gasteiger partial charge in [-0.15, -0.1) is 0 Å². The highest BCUT2D eigenvalue weighted by molar-refractivity contribution is 5.79. The summed E-state index contributed by atoms with van der Waals surface area (Å²) in [5.74, 6) is -0.839. The van der Waals surface area contributed by atoms with E-state index < -0.39 is 17.7 Å². The van der Waals surface area contributed by atoms with Crippen molar-refractivity contribution < 1.29 is 22.4 Å². The van der Waals surface area contributed by atoms with Gasteiger partial charge in [0.2, 0.25) is 5.91 Å². The fourth-order valence-corrected chi connectivity index (χ4v) is 3.99. The van der Waals surface area contributed by atoms with Crippen molar-refractivity contribution in [3.05, 3.63) is 64.9 Å². The first-order valence-corrected chi connectivity index (χ1v) is 10.2. The maximum Gasteiger partial charge on any atom is 0.433 e. The zero-order valence-electron chi connectivity index (χ0n) is 17.0. The summed E-state index contributed by atoms with van der Waals surface area (Å²) < 4.78 is 55.3. The van der Waals surface area contributed by atoms with Gasteiger partial charge in [0.25, 0.3) is 0 Å². The minimum Gasteiger partial charge on any atom is -0.342 e. The van der Waals surface area contributed by atoms with Crippen LogP contribution in [-0.4, -0.2) is 38.5 Å². The molecule has 0 saturated carbocycles. The minimum absolute atomic E-state index is 0.0514. The molecule has 1 atom stereocenters. The summed E-state index contributed by atoms with van der Waals surface area (Å²) in [4.78, 5) is 18.6. The molecule has 0 aliphatic carbocycles. The monoisotopic (exact) mass is 434 g/mol. The van der Waals surface area contributed by atoms with Crippen molar-refractivity contribution in [2.24, 2.45) is 0 Å². The number of halogens is 4. The van der Waals surface area contributed by atoms with E-state index in [0.717, 1.165) is 10.6 Å². The van der Waals surface area contributed by atoms with Crippen LogP contribution in [0.15, 0.2) is 36.4 Å². The minimum atomic E-state index is -4.55. The molecule has 3 heterocycles. The van der Waals surface area contributed by atoms with Gasteiger partial charge in [-0.25, -0.2) is 13.9 Å². The summed E-state index contributed by atoms with van der Waals surface area (Å²) in [5.41, 5.74) is 0.445. The van der Waals surface area contributed by atoms with Gasteiger partial charge in [0.1, 0.15) is 11.5 Å². The number of aromatic nitrogens is 3. The molecular weight excluding hydrogens is 412 g/mol. The lowest BCUT2D eigenvalue weighted by molar-refractivity contribution is -0.142. The molecular formula is C22H22F4N4O. The third-order valence-electron chi connectivity index (χ3n) is 5.64. The third kappa shape index (κ3) is 4.40. The summed E-state index contributed by atoms with van der Waals surface area (Å²) in [6.45, 7) is 2.61. The Bertz CT molecular complexity index is 1110. The summed E-state index contributed by atoms with van der Waals surface area (Å²) in [6, 6.07) is 8.73. The fraction of sp³-hybridized carbons (Fsp3) is 0.409. The van der Waals surface area contributed by atoms with Gasteiger partial charge in [0.05, 0.1) is 12.1 Å². The Kier molecular flexibility index (Phi) is 5.68. The van der Waals surface area contributed by atoms with Crippen molar-refractivity contribution in [3.8, 4) is 0 Å². The number of likely N-dealkylation sites (tertiary alicyclic amines) is 1. The highest BCUT2D eigenvalue weighted by Crippen LogP contribution is 2.32. The average molecular weight is 434 g/mol. The fourth-order valence-electron chi connectivity index (χ4n) is 3.99. The molecule has 1 aliphatic rings. The van der Waals surface area contributed by atoms with E-state index in [2.05, 4.69) is 10.1 Å². The molecule has 31 heavy (non-hydrogen) atoms. The molecule has 5 nitrogen and oxygen atoms in total. The maximum atomic E-state index is 13.9. The van der Waals surface area contributed by atoms with Gasteiger partial charge >= 0.3 is 6.18 Å². The zero-order chi connectivity index (χ0) is 22.2. The van der Waals surface area contributed by atoms with Gasteiger partial charge in [-0.05, 0) is 37.0 Å². The molecule has 4 rings (SSSR count). The number of alkyl halides is 3. The van der Waals surface area contributed by atoms with Crippen molar-refractivity contribution in [1.82, 2.24) is 19.5 Å². The molecule has 3 aromatic rings. The van der Waals surface area contributed by atoms with Crippen LogP contribution in [0, 0.1) is 5.82 Å². The molecule has 0 radical (unpaired) electrons. The Balaban J connectivity index is 1.58. The second-order valence-electron chi connectivity index (χ2n) is 7.77. The number of amides is 1. The molecule has 0 bridgehead atoms. The zero-order valence-corrected chi connectivity index (χ0v) is 17.0. The molecule has 1 fully saturated rings. The van der Waals surface area contributed by atoms with Gasteiger partial charge in [-0.2, -0.15) is 18.3 Å². The maximum absolute atomic E-state index is 13.9. The number of carbonyl (C=O) groups is 1. The summed E-state index contributed by atoms with van der Waals surface area (Å²) in [6.07, 6.45) is -2.83. The van der Waals surface area contributed by atoms with E-state index >= 15 is 0 Å². The van der Waals surface area contributed by atoms with Crippen LogP contribution in [0.2, 0.25) is 0 Å². The quantitative estimate of drug-likeness (QED) is 0.572. The smallest absolute Gasteiger partial charge is 0.342 e. The van der Waals surface area contributed by atoms with Gasteiger partial charge in [0.15, 0.2) is 5.65 Å². The molecule has 0 N–H and O–H groups in total. The van der Waals surface area contributed by atoms with E-state index in [4.69, 9.17) is 0 Å². The summed E-state index contributed by atoms with van der Waals surface area (Å²) in [5, 5.41) is 4.21. The Labute approximate surface area is 176 Å². The van der Waals surface area contributed by atoms with Gasteiger partial charge in [-0.1, -0.05) is 25.1 Å². The second kappa shape index (κ2) is 8.28. The van der Waals surface area contributed by atoms with E-state index in [1.807, 2.05) is 0 Å². The van der Waals surface area contributed by atoms with E-state index in [9.17, 15) is 22.4 Å². The summed E-state index contributed by atoms with van der Waals surface area (Å²) in [7, 11) is 0. The van der Waals surface area contributed by atoms with Crippen molar-refractivity contribution in [2.75, 3.05) is 13.1 Å². The van der Waals surface area contributed by atoms with Crippen LogP contribution in [0.5, 0.6) is 0 Å². The first kappa shape index (κ1) is 21.3. The van der Waals surface area contributed by atoms with Gasteiger partial charge < -0.3 is 4.90 Å². The molecule has 0 spiro atoms. The first-order valence-electron chi connectivity index (χ1n) is 10.2. The SMILES string of the molecule is CCc1cc(C(F)(F)F)n2nc([C@H]3CCCN(C(=O)Cc4ccccc4F)C3)cc2n1. The Morgan fingerprint density at radius 1 is 1.23 bits per heavy atom. The molecule has 1 aromatic carbocycles. The Morgan fingerprint density at radius 3 is 2.71 bits per heavy atom. The largest absolute Gasteiger partial charge is 0.433 e. The van der Waals surface area contributed by atoms with Crippen LogP contribution >= 0.6 is 0 Å². The molecule has 2 aromatic heterocycles. The Morgan fingerprint density at radius 2 is 2.00 bits per heavy atom. The normalized spacial score (nSPS) is 17.3. The van der Waals surface area contributed by atoms with Crippen LogP contribution in [0.4, 0.5) is 17.6 Å². The van der Waals surface area contributed by atoms with Gasteiger partial charge in [-0.3, -0.25) is 4.79 Å². The van der Waals surface area contributed by atoms with Crippen LogP contribution < -0.4 is 0 Å². The number of piperidine rings is 1. The van der Waals surface area contributed by atoms with Crippen LogP contribution in [0.3, 0.4) is 0 Å². The number of nitrogens with zero attached hydrogens (tertiary/aromatic N) is 4. The molecule has 164 valence electrons. The predicted octanol–water partition coefficient (Wildman–Crippen LogP) is 4.40. The van der Waals surface area contributed by atoms with E-state index in [0.29, 0.717) is 49.3 Å². The molecule has 1 aliphatic heterocycles. The number of fused-ring (bicyclic) bond motifs is 1. The molecule has 1 saturated heterocycles. The molecule has 0 unspecified atom stereocenters. The van der Waals surface area contributed by atoms with Crippen molar-refractivity contribution in [1.29, 1.82) is 0 Å². The lowest BCUT2D eigenvalue weighted by Crippen LogP contribution is -2.40. The highest BCUT2D eigenvalue weighted by Gasteiger charge is 2.36. The standard InChI is InChI=1S/C22H22F4N4O/c1-2-16-11-19(22(24,25)26)30-20(27-16)12-18(28-30)15-7-5-9-29(13-15)21(31)10-14-6-3-4-8-17(14)23/h3-4,6,8,11-12,15H,2,5,7,9-10,13H2,1H3/t15-/m0/s1. The third-order valence-corrected chi connectivity index (χ3v) is 5.64. The lowest BCUT2D eigenvalue weighted by atomic mass is 9.94. The second-order valence-corrected chi connectivity index (χ2v) is 7.77. The molecule has 1 amide bonds.